The Morgan fingerprint density at radius 2 is 0.862 bits per heavy atom. The Morgan fingerprint density at radius 3 is 1.34 bits per heavy atom. The van der Waals surface area contributed by atoms with Crippen molar-refractivity contribution >= 4 is 41.2 Å². The van der Waals surface area contributed by atoms with Crippen molar-refractivity contribution in [3.63, 3.8) is 0 Å². The number of ketones is 1. The number of likely N-dealkylation sites (N-methyl/N-ethyl adjacent to an activating group) is 2. The summed E-state index contributed by atoms with van der Waals surface area (Å²) < 4.78 is 21.3. The van der Waals surface area contributed by atoms with E-state index in [0.29, 0.717) is 64.6 Å². The Bertz CT molecular complexity index is 1170. The van der Waals surface area contributed by atoms with E-state index in [1.54, 1.807) is 14.1 Å². The zero-order chi connectivity index (χ0) is 43.2. The van der Waals surface area contributed by atoms with Crippen LogP contribution in [0.5, 0.6) is 0 Å². The summed E-state index contributed by atoms with van der Waals surface area (Å²) in [5.41, 5.74) is 16.6. The number of hydrogen-bond donors (Lipinski definition) is 9. The molecule has 0 heterocycles. The number of amides is 6. The van der Waals surface area contributed by atoms with E-state index in [4.69, 9.17) is 36.1 Å². The van der Waals surface area contributed by atoms with E-state index < -0.39 is 11.9 Å². The second kappa shape index (κ2) is 37.5. The van der Waals surface area contributed by atoms with Crippen LogP contribution < -0.4 is 49.1 Å². The molecule has 0 aliphatic carbocycles. The molecular formula is C38H73N9O11. The fourth-order valence-corrected chi connectivity index (χ4v) is 5.43. The number of hydrogen-bond acceptors (Lipinski definition) is 14. The minimum absolute atomic E-state index is 0.0227. The molecule has 0 aromatic heterocycles. The zero-order valence-electron chi connectivity index (χ0n) is 34.8. The van der Waals surface area contributed by atoms with Gasteiger partial charge in [-0.15, -0.1) is 0 Å². The molecule has 20 nitrogen and oxygen atoms in total. The molecule has 0 spiro atoms. The number of carbonyl (C=O) groups excluding carboxylic acids is 7. The van der Waals surface area contributed by atoms with Gasteiger partial charge in [-0.3, -0.25) is 33.6 Å². The average molecular weight is 832 g/mol. The number of unbranched alkanes of at least 4 members (excludes halogenated alkanes) is 4. The van der Waals surface area contributed by atoms with Crippen molar-refractivity contribution in [3.05, 3.63) is 0 Å². The van der Waals surface area contributed by atoms with E-state index in [1.807, 2.05) is 0 Å². The van der Waals surface area contributed by atoms with Gasteiger partial charge in [-0.2, -0.15) is 0 Å². The number of primary amides is 2. The van der Waals surface area contributed by atoms with Crippen LogP contribution in [0.2, 0.25) is 0 Å². The first-order chi connectivity index (χ1) is 27.9. The third-order valence-corrected chi connectivity index (χ3v) is 8.87. The van der Waals surface area contributed by atoms with Crippen LogP contribution in [-0.2, 0) is 52.5 Å². The van der Waals surface area contributed by atoms with Crippen molar-refractivity contribution in [2.24, 2.45) is 17.2 Å². The van der Waals surface area contributed by atoms with Crippen molar-refractivity contribution in [2.75, 3.05) is 93.1 Å². The molecular weight excluding hydrogens is 758 g/mol. The van der Waals surface area contributed by atoms with Gasteiger partial charge < -0.3 is 68.0 Å². The molecule has 0 rings (SSSR count). The summed E-state index contributed by atoms with van der Waals surface area (Å²) in [5.74, 6) is -1.60. The molecule has 6 amide bonds. The maximum atomic E-state index is 12.3. The molecule has 0 aliphatic heterocycles. The highest BCUT2D eigenvalue weighted by atomic mass is 16.5. The summed E-state index contributed by atoms with van der Waals surface area (Å²) in [7, 11) is 3.37. The van der Waals surface area contributed by atoms with Crippen LogP contribution in [0.25, 0.3) is 0 Å². The molecule has 58 heavy (non-hydrogen) atoms. The maximum Gasteiger partial charge on any atom is 0.246 e. The smallest absolute Gasteiger partial charge is 0.246 e. The van der Waals surface area contributed by atoms with Crippen LogP contribution in [0, 0.1) is 0 Å². The fourth-order valence-electron chi connectivity index (χ4n) is 5.43. The summed E-state index contributed by atoms with van der Waals surface area (Å²) in [6.45, 7) is 2.82. The second-order valence-corrected chi connectivity index (χ2v) is 13.7. The van der Waals surface area contributed by atoms with E-state index in [2.05, 4.69) is 31.9 Å². The van der Waals surface area contributed by atoms with Crippen LogP contribution in [0.1, 0.15) is 89.9 Å². The zero-order valence-corrected chi connectivity index (χ0v) is 34.8. The SMILES string of the molecule is CN[C@@H](CCCCCC(=O)[C@@H](N)CCCCNC(=O)CCCC(=O)NCCOCCOCC(=O)NCCOCCOCC(=O)NCCCC[C@H](NC)C(N)=O)C(N)=O. The summed E-state index contributed by atoms with van der Waals surface area (Å²) in [4.78, 5) is 82.4. The topological polar surface area (TPSA) is 307 Å². The van der Waals surface area contributed by atoms with Gasteiger partial charge in [-0.1, -0.05) is 12.8 Å². The van der Waals surface area contributed by atoms with Gasteiger partial charge in [-0.25, -0.2) is 0 Å². The molecule has 0 saturated carbocycles. The van der Waals surface area contributed by atoms with E-state index in [-0.39, 0.29) is 120 Å². The van der Waals surface area contributed by atoms with Gasteiger partial charge in [0.05, 0.1) is 57.8 Å². The van der Waals surface area contributed by atoms with Gasteiger partial charge in [-0.05, 0) is 71.9 Å². The monoisotopic (exact) mass is 832 g/mol. The minimum Gasteiger partial charge on any atom is -0.377 e. The van der Waals surface area contributed by atoms with E-state index in [9.17, 15) is 33.6 Å². The predicted molar refractivity (Wildman–Crippen MR) is 217 cm³/mol. The lowest BCUT2D eigenvalue weighted by molar-refractivity contribution is -0.127. The third kappa shape index (κ3) is 33.2. The standard InChI is InChI=1S/C38H73N9O11/c1-42-30(37(40)53)12-4-3-5-14-32(48)29(39)11-6-8-17-44-33(49)15-10-16-34(50)46-19-21-55-23-26-58-28-36(52)47-20-22-56-24-25-57-27-35(51)45-18-9-7-13-31(43-2)38(41)54/h29-31,42-43H,3-28,39H2,1-2H3,(H2,40,53)(H2,41,54)(H,44,49)(H,45,51)(H,46,50)(H,47,52)/t29-,30-,31-/m0/s1. The van der Waals surface area contributed by atoms with Crippen LogP contribution in [-0.4, -0.2) is 152 Å². The predicted octanol–water partition coefficient (Wildman–Crippen LogP) is -1.98. The Labute approximate surface area is 343 Å². The van der Waals surface area contributed by atoms with Crippen molar-refractivity contribution < 1.29 is 52.5 Å². The van der Waals surface area contributed by atoms with Gasteiger partial charge in [0.1, 0.15) is 19.0 Å². The molecule has 0 saturated heterocycles. The lowest BCUT2D eigenvalue weighted by Gasteiger charge is -2.12. The van der Waals surface area contributed by atoms with Crippen LogP contribution >= 0.6 is 0 Å². The molecule has 0 aromatic rings. The molecule has 12 N–H and O–H groups in total. The summed E-state index contributed by atoms with van der Waals surface area (Å²) in [6, 6.07) is -1.24. The molecule has 0 fully saturated rings. The number of Topliss-reactive ketones (excluding diaryl/α,β-unsaturated/α-hetero) is 1. The van der Waals surface area contributed by atoms with Crippen molar-refractivity contribution in [1.82, 2.24) is 31.9 Å². The number of carbonyl (C=O) groups is 7. The molecule has 0 unspecified atom stereocenters. The summed E-state index contributed by atoms with van der Waals surface area (Å²) in [5, 5.41) is 16.7. The van der Waals surface area contributed by atoms with Crippen LogP contribution in [0.15, 0.2) is 0 Å². The first kappa shape index (κ1) is 54.2. The molecule has 0 aliphatic rings. The maximum absolute atomic E-state index is 12.3. The van der Waals surface area contributed by atoms with E-state index in [1.165, 1.54) is 0 Å². The molecule has 336 valence electrons. The number of nitrogens with one attached hydrogen (secondary N) is 6. The average Bonchev–Trinajstić information content (AvgIpc) is 3.18. The largest absolute Gasteiger partial charge is 0.377 e. The molecule has 0 bridgehead atoms. The Kier molecular flexibility index (Phi) is 35.0. The number of rotatable bonds is 41. The van der Waals surface area contributed by atoms with Gasteiger partial charge in [0, 0.05) is 45.4 Å². The second-order valence-electron chi connectivity index (χ2n) is 13.7. The third-order valence-electron chi connectivity index (χ3n) is 8.87. The van der Waals surface area contributed by atoms with Crippen LogP contribution in [0.4, 0.5) is 0 Å². The first-order valence-electron chi connectivity index (χ1n) is 20.5. The van der Waals surface area contributed by atoms with Crippen molar-refractivity contribution in [3.8, 4) is 0 Å². The highest BCUT2D eigenvalue weighted by molar-refractivity contribution is 5.83. The van der Waals surface area contributed by atoms with Gasteiger partial charge in [0.2, 0.25) is 35.4 Å². The number of ether oxygens (including phenoxy) is 4. The number of nitrogens with two attached hydrogens (primary N) is 3. The highest BCUT2D eigenvalue weighted by Crippen LogP contribution is 2.09. The van der Waals surface area contributed by atoms with Gasteiger partial charge in [0.15, 0.2) is 0 Å². The minimum atomic E-state index is -0.521. The van der Waals surface area contributed by atoms with Gasteiger partial charge >= 0.3 is 0 Å². The Balaban J connectivity index is 3.57. The molecule has 20 heteroatoms. The van der Waals surface area contributed by atoms with Gasteiger partial charge in [0.25, 0.3) is 0 Å². The quantitative estimate of drug-likeness (QED) is 0.0302. The van der Waals surface area contributed by atoms with Crippen LogP contribution in [0.3, 0.4) is 0 Å². The Hall–Kier alpha value is -3.79. The van der Waals surface area contributed by atoms with Crippen molar-refractivity contribution in [2.45, 2.75) is 108 Å². The molecule has 3 atom stereocenters. The first-order valence-corrected chi connectivity index (χ1v) is 20.5. The van der Waals surface area contributed by atoms with Crippen molar-refractivity contribution in [1.29, 1.82) is 0 Å². The summed E-state index contributed by atoms with van der Waals surface area (Å²) in [6.07, 6.45) is 8.29. The van der Waals surface area contributed by atoms with E-state index in [0.717, 1.165) is 32.1 Å². The summed E-state index contributed by atoms with van der Waals surface area (Å²) >= 11 is 0. The molecule has 0 aromatic carbocycles. The lowest BCUT2D eigenvalue weighted by atomic mass is 10.00. The molecule has 0 radical (unpaired) electrons. The highest BCUT2D eigenvalue weighted by Gasteiger charge is 2.15. The van der Waals surface area contributed by atoms with E-state index >= 15 is 0 Å². The fraction of sp³-hybridized carbons (Fsp3) is 0.816. The lowest BCUT2D eigenvalue weighted by Crippen LogP contribution is -2.39. The Morgan fingerprint density at radius 1 is 0.448 bits per heavy atom. The normalized spacial score (nSPS) is 12.6.